The predicted octanol–water partition coefficient (Wildman–Crippen LogP) is 4.40. The molecule has 35 heavy (non-hydrogen) atoms. The van der Waals surface area contributed by atoms with E-state index in [1.165, 1.54) is 12.1 Å². The summed E-state index contributed by atoms with van der Waals surface area (Å²) < 4.78 is 21.0. The van der Waals surface area contributed by atoms with Crippen molar-refractivity contribution in [1.82, 2.24) is 10.2 Å². The van der Waals surface area contributed by atoms with Crippen LogP contribution in [0.15, 0.2) is 62.2 Å². The van der Waals surface area contributed by atoms with E-state index in [1.807, 2.05) is 31.2 Å². The van der Waals surface area contributed by atoms with Crippen molar-refractivity contribution in [3.8, 4) is 11.5 Å². The summed E-state index contributed by atoms with van der Waals surface area (Å²) in [7, 11) is 0. The first-order chi connectivity index (χ1) is 16.9. The number of aromatic nitrogens is 2. The van der Waals surface area contributed by atoms with Crippen LogP contribution in [-0.2, 0) is 27.3 Å². The average Bonchev–Trinajstić information content (AvgIpc) is 3.30. The highest BCUT2D eigenvalue weighted by Gasteiger charge is 2.14. The van der Waals surface area contributed by atoms with E-state index < -0.39 is 17.7 Å². The molecule has 0 saturated carbocycles. The first-order valence-electron chi connectivity index (χ1n) is 11.0. The molecular weight excluding hydrogens is 454 g/mol. The second-order valence-electron chi connectivity index (χ2n) is 7.67. The fraction of sp³-hybridized carbons (Fsp3) is 0.240. The van der Waals surface area contributed by atoms with E-state index in [4.69, 9.17) is 18.3 Å². The van der Waals surface area contributed by atoms with Crippen LogP contribution in [0, 0.1) is 6.92 Å². The molecule has 2 aromatic heterocycles. The molecule has 0 aliphatic rings. The molecule has 10 heteroatoms. The van der Waals surface area contributed by atoms with Gasteiger partial charge in [-0.1, -0.05) is 17.7 Å². The molecule has 0 spiro atoms. The molecule has 1 amide bonds. The smallest absolute Gasteiger partial charge is 0.411 e. The maximum Gasteiger partial charge on any atom is 0.411 e. The number of aryl methyl sites for hydroxylation is 2. The number of rotatable bonds is 8. The Labute approximate surface area is 199 Å². The molecule has 0 atom stereocenters. The third kappa shape index (κ3) is 6.11. The van der Waals surface area contributed by atoms with Gasteiger partial charge in [0, 0.05) is 40.8 Å². The third-order valence-electron chi connectivity index (χ3n) is 5.05. The van der Waals surface area contributed by atoms with Gasteiger partial charge in [-0.3, -0.25) is 10.1 Å². The molecule has 1 N–H and O–H groups in total. The topological polar surface area (TPSA) is 134 Å². The van der Waals surface area contributed by atoms with Gasteiger partial charge in [-0.15, -0.1) is 10.2 Å². The average molecular weight is 477 g/mol. The van der Waals surface area contributed by atoms with Crippen molar-refractivity contribution in [2.24, 2.45) is 0 Å². The molecule has 2 aromatic carbocycles. The van der Waals surface area contributed by atoms with Crippen LogP contribution in [0.3, 0.4) is 0 Å². The molecule has 0 aliphatic carbocycles. The lowest BCUT2D eigenvalue weighted by atomic mass is 10.1. The lowest BCUT2D eigenvalue weighted by Gasteiger charge is -2.09. The van der Waals surface area contributed by atoms with Crippen molar-refractivity contribution in [2.45, 2.75) is 33.3 Å². The van der Waals surface area contributed by atoms with Gasteiger partial charge in [0.05, 0.1) is 13.0 Å². The number of amides is 1. The molecule has 10 nitrogen and oxygen atoms in total. The Morgan fingerprint density at radius 3 is 2.57 bits per heavy atom. The van der Waals surface area contributed by atoms with Gasteiger partial charge in [0.2, 0.25) is 11.8 Å². The summed E-state index contributed by atoms with van der Waals surface area (Å²) in [5.74, 6) is 0.222. The second kappa shape index (κ2) is 10.6. The Morgan fingerprint density at radius 1 is 1.00 bits per heavy atom. The highest BCUT2D eigenvalue weighted by atomic mass is 16.5. The zero-order valence-corrected chi connectivity index (χ0v) is 19.2. The summed E-state index contributed by atoms with van der Waals surface area (Å²) >= 11 is 0. The lowest BCUT2D eigenvalue weighted by molar-refractivity contribution is -0.144. The zero-order chi connectivity index (χ0) is 24.8. The number of anilines is 1. The van der Waals surface area contributed by atoms with Gasteiger partial charge < -0.3 is 18.3 Å². The number of ether oxygens (including phenoxy) is 2. The van der Waals surface area contributed by atoms with Crippen LogP contribution in [0.4, 0.5) is 10.5 Å². The van der Waals surface area contributed by atoms with Gasteiger partial charge in [-0.2, -0.15) is 0 Å². The van der Waals surface area contributed by atoms with Crippen molar-refractivity contribution >= 4 is 28.7 Å². The summed E-state index contributed by atoms with van der Waals surface area (Å²) in [6.45, 7) is 3.78. The fourth-order valence-electron chi connectivity index (χ4n) is 3.32. The van der Waals surface area contributed by atoms with Crippen LogP contribution in [-0.4, -0.2) is 28.9 Å². The van der Waals surface area contributed by atoms with E-state index >= 15 is 0 Å². The van der Waals surface area contributed by atoms with Crippen LogP contribution in [0.2, 0.25) is 0 Å². The molecule has 0 saturated heterocycles. The van der Waals surface area contributed by atoms with Gasteiger partial charge in [-0.25, -0.2) is 9.59 Å². The summed E-state index contributed by atoms with van der Waals surface area (Å²) in [5.41, 5.74) is 2.43. The van der Waals surface area contributed by atoms with Crippen molar-refractivity contribution in [3.05, 3.63) is 76.0 Å². The van der Waals surface area contributed by atoms with Gasteiger partial charge in [-0.05, 0) is 38.1 Å². The molecule has 2 heterocycles. The van der Waals surface area contributed by atoms with Crippen LogP contribution in [0.1, 0.15) is 30.4 Å². The number of carbonyl (C=O) groups excluding carboxylic acids is 2. The van der Waals surface area contributed by atoms with Crippen LogP contribution in [0.5, 0.6) is 0 Å². The van der Waals surface area contributed by atoms with Crippen LogP contribution >= 0.6 is 0 Å². The number of hydrogen-bond donors (Lipinski definition) is 1. The standard InChI is InChI=1S/C25H23N3O7/c1-3-32-25(31)26-18-8-9-19-17(12-23(30)34-20(19)13-18)14-33-22(29)11-10-21-27-28-24(35-21)16-6-4-15(2)5-7-16/h4-9,12-13H,3,10-11,14H2,1-2H3,(H,26,31). The Kier molecular flexibility index (Phi) is 7.20. The minimum Gasteiger partial charge on any atom is -0.461 e. The van der Waals surface area contributed by atoms with Crippen LogP contribution in [0.25, 0.3) is 22.4 Å². The van der Waals surface area contributed by atoms with Crippen molar-refractivity contribution < 1.29 is 27.9 Å². The maximum absolute atomic E-state index is 12.3. The van der Waals surface area contributed by atoms with E-state index in [9.17, 15) is 14.4 Å². The Hall–Kier alpha value is -4.47. The van der Waals surface area contributed by atoms with Gasteiger partial charge in [0.25, 0.3) is 0 Å². The SMILES string of the molecule is CCOC(=O)Nc1ccc2c(COC(=O)CCc3nnc(-c4ccc(C)cc4)o3)cc(=O)oc2c1. The Balaban J connectivity index is 1.36. The molecule has 0 radical (unpaired) electrons. The molecule has 4 aromatic rings. The lowest BCUT2D eigenvalue weighted by Crippen LogP contribution is -2.13. The quantitative estimate of drug-likeness (QED) is 0.289. The highest BCUT2D eigenvalue weighted by molar-refractivity contribution is 5.90. The number of nitrogens with one attached hydrogen (secondary N) is 1. The highest BCUT2D eigenvalue weighted by Crippen LogP contribution is 2.23. The molecule has 0 fully saturated rings. The molecule has 4 rings (SSSR count). The van der Waals surface area contributed by atoms with Crippen molar-refractivity contribution in [1.29, 1.82) is 0 Å². The van der Waals surface area contributed by atoms with E-state index in [-0.39, 0.29) is 31.6 Å². The van der Waals surface area contributed by atoms with Gasteiger partial charge in [0.15, 0.2) is 0 Å². The minimum atomic E-state index is -0.619. The largest absolute Gasteiger partial charge is 0.461 e. The molecule has 180 valence electrons. The first-order valence-corrected chi connectivity index (χ1v) is 11.0. The van der Waals surface area contributed by atoms with Gasteiger partial charge in [0.1, 0.15) is 12.2 Å². The third-order valence-corrected chi connectivity index (χ3v) is 5.05. The van der Waals surface area contributed by atoms with E-state index in [0.717, 1.165) is 11.1 Å². The van der Waals surface area contributed by atoms with Crippen molar-refractivity contribution in [2.75, 3.05) is 11.9 Å². The summed E-state index contributed by atoms with van der Waals surface area (Å²) in [5, 5.41) is 11.1. The molecule has 0 unspecified atom stereocenters. The number of benzene rings is 2. The van der Waals surface area contributed by atoms with E-state index in [0.29, 0.717) is 28.4 Å². The van der Waals surface area contributed by atoms with Crippen molar-refractivity contribution in [3.63, 3.8) is 0 Å². The van der Waals surface area contributed by atoms with Crippen LogP contribution < -0.4 is 10.9 Å². The number of hydrogen-bond acceptors (Lipinski definition) is 9. The summed E-state index contributed by atoms with van der Waals surface area (Å²) in [6.07, 6.45) is -0.368. The Morgan fingerprint density at radius 2 is 1.80 bits per heavy atom. The normalized spacial score (nSPS) is 10.8. The summed E-state index contributed by atoms with van der Waals surface area (Å²) in [6, 6.07) is 13.7. The molecule has 0 aliphatic heterocycles. The van der Waals surface area contributed by atoms with E-state index in [2.05, 4.69) is 15.5 Å². The fourth-order valence-corrected chi connectivity index (χ4v) is 3.32. The molecule has 0 bridgehead atoms. The summed E-state index contributed by atoms with van der Waals surface area (Å²) in [4.78, 5) is 35.9. The number of nitrogens with zero attached hydrogens (tertiary/aromatic N) is 2. The second-order valence-corrected chi connectivity index (χ2v) is 7.67. The molecular formula is C25H23N3O7. The maximum atomic E-state index is 12.3. The first kappa shape index (κ1) is 23.7. The monoisotopic (exact) mass is 477 g/mol. The minimum absolute atomic E-state index is 0.0303. The zero-order valence-electron chi connectivity index (χ0n) is 19.2. The predicted molar refractivity (Wildman–Crippen MR) is 126 cm³/mol. The Bertz CT molecular complexity index is 1410. The van der Waals surface area contributed by atoms with Gasteiger partial charge >= 0.3 is 17.7 Å². The van der Waals surface area contributed by atoms with E-state index in [1.54, 1.807) is 19.1 Å². The number of fused-ring (bicyclic) bond motifs is 1. The number of esters is 1. The number of carbonyl (C=O) groups is 2.